The normalized spacial score (nSPS) is 17.1. The third kappa shape index (κ3) is 6.04. The Morgan fingerprint density at radius 3 is 2.50 bits per heavy atom. The lowest BCUT2D eigenvalue weighted by atomic mass is 10.1. The lowest BCUT2D eigenvalue weighted by Crippen LogP contribution is -2.23. The Kier molecular flexibility index (Phi) is 7.13. The second-order valence-electron chi connectivity index (χ2n) is 7.73. The van der Waals surface area contributed by atoms with Crippen LogP contribution in [-0.4, -0.2) is 39.6 Å². The molecule has 0 radical (unpaired) electrons. The SMILES string of the molecule is CN1CCC(Oc2cc(NS(=O)(=O)c3ccc(Sc4ccc(F)cc4)s3)ccc2C(F)(F)F)C1. The Bertz CT molecular complexity index is 1260. The van der Waals surface area contributed by atoms with Crippen molar-refractivity contribution in [2.75, 3.05) is 24.9 Å². The molecule has 0 amide bonds. The Hall–Kier alpha value is -2.28. The molecule has 0 aliphatic carbocycles. The zero-order valence-corrected chi connectivity index (χ0v) is 20.3. The standard InChI is InChI=1S/C22H20F4N2O3S3/c1-28-11-10-16(13-28)31-19-12-15(4-7-18(19)22(24,25)26)27-34(29,30)21-9-8-20(33-21)32-17-5-2-14(23)3-6-17/h2-9,12,16,27H,10-11,13H2,1H3. The summed E-state index contributed by atoms with van der Waals surface area (Å²) in [5.41, 5.74) is -0.991. The molecule has 2 aromatic carbocycles. The molecule has 2 heterocycles. The molecule has 5 nitrogen and oxygen atoms in total. The Morgan fingerprint density at radius 1 is 1.12 bits per heavy atom. The highest BCUT2D eigenvalue weighted by molar-refractivity contribution is 8.02. The summed E-state index contributed by atoms with van der Waals surface area (Å²) in [5.74, 6) is -0.783. The van der Waals surface area contributed by atoms with Gasteiger partial charge in [-0.3, -0.25) is 4.72 Å². The van der Waals surface area contributed by atoms with E-state index in [9.17, 15) is 26.0 Å². The summed E-state index contributed by atoms with van der Waals surface area (Å²) in [5, 5.41) is 0. The molecule has 1 fully saturated rings. The highest BCUT2D eigenvalue weighted by Gasteiger charge is 2.36. The Labute approximate surface area is 202 Å². The Balaban J connectivity index is 1.53. The van der Waals surface area contributed by atoms with Crippen LogP contribution in [0.3, 0.4) is 0 Å². The molecule has 1 N–H and O–H groups in total. The molecule has 0 bridgehead atoms. The second-order valence-corrected chi connectivity index (χ2v) is 12.1. The summed E-state index contributed by atoms with van der Waals surface area (Å²) in [6, 6.07) is 11.8. The topological polar surface area (TPSA) is 58.6 Å². The first kappa shape index (κ1) is 24.8. The third-order valence-electron chi connectivity index (χ3n) is 5.03. The summed E-state index contributed by atoms with van der Waals surface area (Å²) in [6.45, 7) is 1.19. The fourth-order valence-corrected chi connectivity index (χ4v) is 7.03. The van der Waals surface area contributed by atoms with Gasteiger partial charge in [-0.2, -0.15) is 13.2 Å². The van der Waals surface area contributed by atoms with Crippen LogP contribution in [-0.2, 0) is 16.2 Å². The van der Waals surface area contributed by atoms with Crippen molar-refractivity contribution in [2.45, 2.75) is 32.0 Å². The third-order valence-corrected chi connectivity index (χ3v) is 9.13. The maximum Gasteiger partial charge on any atom is 0.419 e. The largest absolute Gasteiger partial charge is 0.488 e. The van der Waals surface area contributed by atoms with Crippen molar-refractivity contribution in [3.8, 4) is 5.75 Å². The molecule has 12 heteroatoms. The highest BCUT2D eigenvalue weighted by atomic mass is 32.3. The van der Waals surface area contributed by atoms with Crippen molar-refractivity contribution in [2.24, 2.45) is 0 Å². The van der Waals surface area contributed by atoms with E-state index in [1.807, 2.05) is 11.9 Å². The number of sulfonamides is 1. The van der Waals surface area contributed by atoms with Crippen LogP contribution in [0.1, 0.15) is 12.0 Å². The lowest BCUT2D eigenvalue weighted by molar-refractivity contribution is -0.139. The van der Waals surface area contributed by atoms with Crippen LogP contribution in [0.4, 0.5) is 23.2 Å². The van der Waals surface area contributed by atoms with E-state index in [4.69, 9.17) is 4.74 Å². The number of alkyl halides is 3. The van der Waals surface area contributed by atoms with Gasteiger partial charge in [-0.25, -0.2) is 12.8 Å². The van der Waals surface area contributed by atoms with Crippen molar-refractivity contribution in [3.63, 3.8) is 0 Å². The van der Waals surface area contributed by atoms with Gasteiger partial charge in [0.15, 0.2) is 0 Å². The number of halogens is 4. The number of likely N-dealkylation sites (tertiary alicyclic amines) is 1. The van der Waals surface area contributed by atoms with E-state index >= 15 is 0 Å². The van der Waals surface area contributed by atoms with Crippen LogP contribution in [0, 0.1) is 5.82 Å². The number of nitrogens with zero attached hydrogens (tertiary/aromatic N) is 1. The number of nitrogens with one attached hydrogen (secondary N) is 1. The van der Waals surface area contributed by atoms with Gasteiger partial charge in [-0.05, 0) is 62.0 Å². The molecule has 34 heavy (non-hydrogen) atoms. The zero-order valence-electron chi connectivity index (χ0n) is 17.8. The molecule has 1 aliphatic rings. The predicted octanol–water partition coefficient (Wildman–Crippen LogP) is 5.94. The van der Waals surface area contributed by atoms with Crippen LogP contribution in [0.25, 0.3) is 0 Å². The summed E-state index contributed by atoms with van der Waals surface area (Å²) in [4.78, 5) is 2.69. The summed E-state index contributed by atoms with van der Waals surface area (Å²) in [6.07, 6.45) is -4.48. The number of hydrogen-bond donors (Lipinski definition) is 1. The number of rotatable bonds is 7. The van der Waals surface area contributed by atoms with Crippen LogP contribution >= 0.6 is 23.1 Å². The number of anilines is 1. The van der Waals surface area contributed by atoms with Crippen LogP contribution in [0.15, 0.2) is 67.9 Å². The summed E-state index contributed by atoms with van der Waals surface area (Å²) >= 11 is 2.27. The minimum absolute atomic E-state index is 0.00287. The van der Waals surface area contributed by atoms with Gasteiger partial charge in [-0.15, -0.1) is 11.3 Å². The van der Waals surface area contributed by atoms with Crippen molar-refractivity contribution < 1.29 is 30.7 Å². The fourth-order valence-electron chi connectivity index (χ4n) is 3.41. The van der Waals surface area contributed by atoms with E-state index in [2.05, 4.69) is 4.72 Å². The predicted molar refractivity (Wildman–Crippen MR) is 124 cm³/mol. The number of likely N-dealkylation sites (N-methyl/N-ethyl adjacent to an activating group) is 1. The molecule has 182 valence electrons. The molecule has 0 saturated carbocycles. The van der Waals surface area contributed by atoms with E-state index in [1.54, 1.807) is 18.2 Å². The first-order chi connectivity index (χ1) is 16.0. The van der Waals surface area contributed by atoms with Gasteiger partial charge in [0.2, 0.25) is 0 Å². The minimum atomic E-state index is -4.64. The minimum Gasteiger partial charge on any atom is -0.488 e. The van der Waals surface area contributed by atoms with E-state index in [-0.39, 0.29) is 15.7 Å². The average Bonchev–Trinajstić information content (AvgIpc) is 3.38. The van der Waals surface area contributed by atoms with Gasteiger partial charge in [0.1, 0.15) is 21.9 Å². The first-order valence-electron chi connectivity index (χ1n) is 10.1. The van der Waals surface area contributed by atoms with E-state index < -0.39 is 33.6 Å². The fraction of sp³-hybridized carbons (Fsp3) is 0.273. The molecule has 1 unspecified atom stereocenters. The second kappa shape index (κ2) is 9.76. The Morgan fingerprint density at radius 2 is 1.85 bits per heavy atom. The molecule has 1 aliphatic heterocycles. The van der Waals surface area contributed by atoms with Crippen LogP contribution in [0.5, 0.6) is 5.75 Å². The molecule has 0 spiro atoms. The van der Waals surface area contributed by atoms with Crippen LogP contribution < -0.4 is 9.46 Å². The quantitative estimate of drug-likeness (QED) is 0.382. The van der Waals surface area contributed by atoms with E-state index in [0.717, 1.165) is 34.4 Å². The smallest absolute Gasteiger partial charge is 0.419 e. The average molecular weight is 533 g/mol. The molecule has 1 atom stereocenters. The number of ether oxygens (including phenoxy) is 1. The number of hydrogen-bond acceptors (Lipinski definition) is 6. The number of benzene rings is 2. The maximum atomic E-state index is 13.5. The van der Waals surface area contributed by atoms with Crippen molar-refractivity contribution in [3.05, 3.63) is 66.0 Å². The molecule has 1 saturated heterocycles. The summed E-state index contributed by atoms with van der Waals surface area (Å²) in [7, 11) is -2.19. The molecular formula is C22H20F4N2O3S3. The van der Waals surface area contributed by atoms with E-state index in [0.29, 0.717) is 23.7 Å². The van der Waals surface area contributed by atoms with Gasteiger partial charge in [0.25, 0.3) is 10.0 Å². The van der Waals surface area contributed by atoms with E-state index in [1.165, 1.54) is 30.0 Å². The monoisotopic (exact) mass is 532 g/mol. The summed E-state index contributed by atoms with van der Waals surface area (Å²) < 4.78 is 87.9. The molecule has 3 aromatic rings. The van der Waals surface area contributed by atoms with Gasteiger partial charge >= 0.3 is 6.18 Å². The molecule has 1 aromatic heterocycles. The van der Waals surface area contributed by atoms with Crippen LogP contribution in [0.2, 0.25) is 0 Å². The van der Waals surface area contributed by atoms with Gasteiger partial charge in [0.05, 0.1) is 15.5 Å². The first-order valence-corrected chi connectivity index (χ1v) is 13.2. The molecule has 4 rings (SSSR count). The van der Waals surface area contributed by atoms with Gasteiger partial charge < -0.3 is 9.64 Å². The van der Waals surface area contributed by atoms with Gasteiger partial charge in [0, 0.05) is 24.1 Å². The highest BCUT2D eigenvalue weighted by Crippen LogP contribution is 2.40. The van der Waals surface area contributed by atoms with Crippen molar-refractivity contribution in [1.29, 1.82) is 0 Å². The number of thiophene rings is 1. The lowest BCUT2D eigenvalue weighted by Gasteiger charge is -2.19. The molecular weight excluding hydrogens is 512 g/mol. The van der Waals surface area contributed by atoms with Gasteiger partial charge in [-0.1, -0.05) is 11.8 Å². The zero-order chi connectivity index (χ0) is 24.5. The van der Waals surface area contributed by atoms with Crippen molar-refractivity contribution >= 4 is 38.8 Å². The maximum absolute atomic E-state index is 13.5. The van der Waals surface area contributed by atoms with Crippen molar-refractivity contribution in [1.82, 2.24) is 4.90 Å².